The van der Waals surface area contributed by atoms with Crippen LogP contribution in [0.4, 0.5) is 4.79 Å². The van der Waals surface area contributed by atoms with Crippen LogP contribution in [-0.4, -0.2) is 47.6 Å². The Hall–Kier alpha value is -2.83. The van der Waals surface area contributed by atoms with Gasteiger partial charge in [-0.2, -0.15) is 0 Å². The number of hydrogen-bond donors (Lipinski definition) is 2. The lowest BCUT2D eigenvalue weighted by molar-refractivity contribution is 0.0579. The first-order chi connectivity index (χ1) is 11.4. The zero-order chi connectivity index (χ0) is 17.4. The molecule has 7 nitrogen and oxygen atoms in total. The summed E-state index contributed by atoms with van der Waals surface area (Å²) in [5.41, 5.74) is 1.46. The number of aromatic nitrogens is 1. The number of hydrogen-bond acceptors (Lipinski definition) is 3. The summed E-state index contributed by atoms with van der Waals surface area (Å²) >= 11 is 0. The number of nitrogens with one attached hydrogen (secondary N) is 2. The average molecular weight is 328 g/mol. The lowest BCUT2D eigenvalue weighted by Crippen LogP contribution is -2.62. The Kier molecular flexibility index (Phi) is 4.01. The molecule has 3 amide bonds. The Labute approximate surface area is 139 Å². The third kappa shape index (κ3) is 2.51. The van der Waals surface area contributed by atoms with Gasteiger partial charge in [0, 0.05) is 38.1 Å². The van der Waals surface area contributed by atoms with Gasteiger partial charge in [-0.15, -0.1) is 0 Å². The van der Waals surface area contributed by atoms with Crippen LogP contribution in [0.5, 0.6) is 0 Å². The highest BCUT2D eigenvalue weighted by molar-refractivity contribution is 6.07. The molecule has 1 saturated heterocycles. The summed E-state index contributed by atoms with van der Waals surface area (Å²) in [6.45, 7) is 2.56. The van der Waals surface area contributed by atoms with E-state index in [9.17, 15) is 14.4 Å². The lowest BCUT2D eigenvalue weighted by atomic mass is 9.99. The molecule has 0 bridgehead atoms. The third-order valence-electron chi connectivity index (χ3n) is 4.48. The molecule has 7 heteroatoms. The van der Waals surface area contributed by atoms with Gasteiger partial charge in [0.25, 0.3) is 11.5 Å². The molecule has 2 heterocycles. The number of aryl methyl sites for hydroxylation is 1. The van der Waals surface area contributed by atoms with Crippen LogP contribution in [0.25, 0.3) is 10.9 Å². The minimum absolute atomic E-state index is 0.0629. The summed E-state index contributed by atoms with van der Waals surface area (Å²) in [7, 11) is 3.25. The molecule has 126 valence electrons. The van der Waals surface area contributed by atoms with E-state index < -0.39 is 0 Å². The number of urea groups is 1. The second-order valence-corrected chi connectivity index (χ2v) is 6.01. The third-order valence-corrected chi connectivity index (χ3v) is 4.48. The van der Waals surface area contributed by atoms with Crippen molar-refractivity contribution in [2.24, 2.45) is 7.05 Å². The van der Waals surface area contributed by atoms with Gasteiger partial charge in [0.15, 0.2) is 0 Å². The maximum Gasteiger partial charge on any atom is 0.314 e. The van der Waals surface area contributed by atoms with Gasteiger partial charge in [-0.05, 0) is 13.0 Å². The molecule has 3 rings (SSSR count). The largest absolute Gasteiger partial charge is 0.341 e. The van der Waals surface area contributed by atoms with E-state index in [0.717, 1.165) is 10.9 Å². The molecule has 0 unspecified atom stereocenters. The maximum absolute atomic E-state index is 12.9. The number of carbonyl (C=O) groups is 2. The van der Waals surface area contributed by atoms with Crippen LogP contribution in [0.3, 0.4) is 0 Å². The van der Waals surface area contributed by atoms with Gasteiger partial charge in [0.2, 0.25) is 0 Å². The molecule has 2 aromatic rings. The van der Waals surface area contributed by atoms with Crippen molar-refractivity contribution in [1.82, 2.24) is 20.1 Å². The van der Waals surface area contributed by atoms with Crippen molar-refractivity contribution < 1.29 is 9.59 Å². The monoisotopic (exact) mass is 328 g/mol. The van der Waals surface area contributed by atoms with Crippen molar-refractivity contribution in [3.05, 3.63) is 45.7 Å². The minimum Gasteiger partial charge on any atom is -0.341 e. The van der Waals surface area contributed by atoms with Crippen molar-refractivity contribution in [2.45, 2.75) is 13.0 Å². The molecule has 0 radical (unpaired) electrons. The summed E-state index contributed by atoms with van der Waals surface area (Å²) in [5.74, 6) is -0.170. The quantitative estimate of drug-likeness (QED) is 0.847. The molecule has 0 atom stereocenters. The first-order valence-electron chi connectivity index (χ1n) is 7.80. The number of rotatable bonds is 2. The van der Waals surface area contributed by atoms with E-state index in [2.05, 4.69) is 10.6 Å². The predicted octanol–water partition coefficient (Wildman–Crippen LogP) is 0.600. The van der Waals surface area contributed by atoms with Crippen LogP contribution in [0.15, 0.2) is 29.1 Å². The zero-order valence-corrected chi connectivity index (χ0v) is 13.9. The summed E-state index contributed by atoms with van der Waals surface area (Å²) < 4.78 is 1.56. The molecule has 1 aliphatic rings. The molecule has 0 aliphatic carbocycles. The zero-order valence-electron chi connectivity index (χ0n) is 13.9. The number of para-hydroxylation sites is 1. The fourth-order valence-electron chi connectivity index (χ4n) is 3.07. The van der Waals surface area contributed by atoms with Crippen LogP contribution in [0.1, 0.15) is 15.9 Å². The molecule has 1 fully saturated rings. The van der Waals surface area contributed by atoms with Crippen LogP contribution < -0.4 is 16.2 Å². The van der Waals surface area contributed by atoms with Crippen LogP contribution in [0.2, 0.25) is 0 Å². The van der Waals surface area contributed by atoms with Crippen molar-refractivity contribution in [1.29, 1.82) is 0 Å². The average Bonchev–Trinajstić information content (AvgIpc) is 2.55. The molecule has 24 heavy (non-hydrogen) atoms. The molecule has 2 N–H and O–H groups in total. The van der Waals surface area contributed by atoms with Gasteiger partial charge in [-0.1, -0.05) is 18.2 Å². The first-order valence-corrected chi connectivity index (χ1v) is 7.80. The molecular formula is C17H20N4O3. The summed E-state index contributed by atoms with van der Waals surface area (Å²) in [6.07, 6.45) is 0. The van der Waals surface area contributed by atoms with Crippen molar-refractivity contribution in [3.63, 3.8) is 0 Å². The van der Waals surface area contributed by atoms with Gasteiger partial charge in [0.05, 0.1) is 17.1 Å². The molecule has 1 aliphatic heterocycles. The fraction of sp³-hybridized carbons (Fsp3) is 0.353. The van der Waals surface area contributed by atoms with E-state index in [1.165, 1.54) is 0 Å². The van der Waals surface area contributed by atoms with E-state index in [1.807, 2.05) is 24.3 Å². The van der Waals surface area contributed by atoms with Crippen molar-refractivity contribution in [3.8, 4) is 0 Å². The van der Waals surface area contributed by atoms with E-state index in [0.29, 0.717) is 24.2 Å². The van der Waals surface area contributed by atoms with E-state index in [-0.39, 0.29) is 23.5 Å². The van der Waals surface area contributed by atoms with Crippen LogP contribution in [-0.2, 0) is 7.05 Å². The second-order valence-electron chi connectivity index (χ2n) is 6.01. The number of nitrogens with zero attached hydrogens (tertiary/aromatic N) is 2. The van der Waals surface area contributed by atoms with Gasteiger partial charge in [0.1, 0.15) is 0 Å². The second kappa shape index (κ2) is 5.99. The standard InChI is InChI=1S/C17H20N4O3/c1-10-14(12-6-4-5-7-13(12)20(3)15(10)22)16(23)21-8-11(9-21)19-17(24)18-2/h4-7,11H,8-9H2,1-3H3,(H2,18,19,24). The normalized spacial score (nSPS) is 14.4. The molecular weight excluding hydrogens is 308 g/mol. The predicted molar refractivity (Wildman–Crippen MR) is 91.2 cm³/mol. The Morgan fingerprint density at radius 3 is 2.54 bits per heavy atom. The fourth-order valence-corrected chi connectivity index (χ4v) is 3.07. The Bertz CT molecular complexity index is 881. The number of likely N-dealkylation sites (tertiary alicyclic amines) is 1. The van der Waals surface area contributed by atoms with Crippen molar-refractivity contribution >= 4 is 22.8 Å². The van der Waals surface area contributed by atoms with Gasteiger partial charge < -0.3 is 20.1 Å². The Morgan fingerprint density at radius 1 is 1.21 bits per heavy atom. The Balaban J connectivity index is 1.92. The molecule has 0 spiro atoms. The van der Waals surface area contributed by atoms with Gasteiger partial charge in [-0.25, -0.2) is 4.79 Å². The maximum atomic E-state index is 12.9. The number of amides is 3. The first kappa shape index (κ1) is 16.0. The highest BCUT2D eigenvalue weighted by Gasteiger charge is 2.34. The summed E-state index contributed by atoms with van der Waals surface area (Å²) in [5, 5.41) is 6.02. The van der Waals surface area contributed by atoms with E-state index in [4.69, 9.17) is 0 Å². The SMILES string of the molecule is CNC(=O)NC1CN(C(=O)c2c(C)c(=O)n(C)c3ccccc23)C1. The number of carbonyl (C=O) groups excluding carboxylic acids is 2. The smallest absolute Gasteiger partial charge is 0.314 e. The number of pyridine rings is 1. The molecule has 0 saturated carbocycles. The van der Waals surface area contributed by atoms with Gasteiger partial charge >= 0.3 is 6.03 Å². The summed E-state index contributed by atoms with van der Waals surface area (Å²) in [4.78, 5) is 38.2. The lowest BCUT2D eigenvalue weighted by Gasteiger charge is -2.39. The van der Waals surface area contributed by atoms with E-state index >= 15 is 0 Å². The Morgan fingerprint density at radius 2 is 1.88 bits per heavy atom. The number of fused-ring (bicyclic) bond motifs is 1. The highest BCUT2D eigenvalue weighted by atomic mass is 16.2. The summed E-state index contributed by atoms with van der Waals surface area (Å²) in [6, 6.07) is 7.07. The molecule has 1 aromatic carbocycles. The minimum atomic E-state index is -0.262. The van der Waals surface area contributed by atoms with Crippen molar-refractivity contribution in [2.75, 3.05) is 20.1 Å². The highest BCUT2D eigenvalue weighted by Crippen LogP contribution is 2.23. The number of benzene rings is 1. The van der Waals surface area contributed by atoms with Crippen LogP contribution >= 0.6 is 0 Å². The van der Waals surface area contributed by atoms with Crippen LogP contribution in [0, 0.1) is 6.92 Å². The topological polar surface area (TPSA) is 83.4 Å². The molecule has 1 aromatic heterocycles. The van der Waals surface area contributed by atoms with Gasteiger partial charge in [-0.3, -0.25) is 9.59 Å². The van der Waals surface area contributed by atoms with E-state index in [1.54, 1.807) is 30.5 Å².